The molecule has 6 aromatic heterocycles. The van der Waals surface area contributed by atoms with Gasteiger partial charge in [0.05, 0.1) is 50.1 Å². The SMILES string of the molecule is CN1CCN(c2cc(NC3CC3)n3ncc(/C=C4\CC(=O)NC4=O)c3n2)CC1.O=C1C/C(=C\c2cnn3c(NC4CC4)cc(N4CCCC(O)C4)nc23)C(=O)N1.O=C1C/C(=C\c2cnn3c(NC4CC4)cc(NCC4CCCO4)nc23)C(=O)N1. The van der Waals surface area contributed by atoms with E-state index in [2.05, 4.69) is 80.3 Å². The topological polar surface area (TPSA) is 316 Å². The summed E-state index contributed by atoms with van der Waals surface area (Å²) in [5.74, 6) is 3.15. The van der Waals surface area contributed by atoms with Crippen molar-refractivity contribution in [2.24, 2.45) is 0 Å². The van der Waals surface area contributed by atoms with Crippen molar-refractivity contribution in [2.45, 2.75) is 114 Å². The Balaban J connectivity index is 0.000000118. The van der Waals surface area contributed by atoms with E-state index in [1.54, 1.807) is 50.4 Å². The number of carbonyl (C=O) groups excluding carboxylic acids is 6. The van der Waals surface area contributed by atoms with Crippen molar-refractivity contribution in [1.82, 2.24) is 64.6 Å². The number of fused-ring (bicyclic) bond motifs is 3. The number of β-amino-alcohol motifs (C(OH)–C–C–N with tert-alkyl or cyclic N) is 1. The lowest BCUT2D eigenvalue weighted by molar-refractivity contribution is -0.125. The highest BCUT2D eigenvalue weighted by Crippen LogP contribution is 2.33. The molecule has 27 nitrogen and oxygen atoms in total. The van der Waals surface area contributed by atoms with Crippen LogP contribution in [0.3, 0.4) is 0 Å². The summed E-state index contributed by atoms with van der Waals surface area (Å²) in [5, 5.41) is 44.2. The molecule has 6 aliphatic heterocycles. The van der Waals surface area contributed by atoms with Crippen LogP contribution in [-0.2, 0) is 33.5 Å². The molecule has 9 aliphatic rings. The standard InChI is InChI=1S/C19H23N7O2.2C19H22N6O3/c1-24-4-6-25(7-5-24)15-10-16(21-14-2-3-14)26-18(22-15)13(11-20-26)8-12-9-17(27)23-19(12)28;26-17-7-11(19(27)24-17)6-12-9-21-25-16(22-13-3-4-13)8-15(23-18(12)25)20-10-14-2-1-5-28-14;26-14-2-1-5-24(10-14)15-8-16(21-13-3-4-13)25-18(22-15)12(9-20-25)6-11-7-17(27)23-19(11)28/h8,10-11,14,21H,2-7,9H2,1H3,(H,23,27,28);6,8-9,13-14,22H,1-5,7,10H2,(H,20,23)(H,24,26,27);6,8-9,13-14,21,26H,1-5,7,10H2,(H,23,27,28)/b12-8+;2*11-6+. The summed E-state index contributed by atoms with van der Waals surface area (Å²) in [6.45, 7) is 6.74. The number of aliphatic hydroxyl groups is 1. The molecule has 2 atom stereocenters. The van der Waals surface area contributed by atoms with Gasteiger partial charge in [-0.3, -0.25) is 44.7 Å². The van der Waals surface area contributed by atoms with Crippen LogP contribution in [0.2, 0.25) is 0 Å². The van der Waals surface area contributed by atoms with Gasteiger partial charge in [0.25, 0.3) is 17.7 Å². The van der Waals surface area contributed by atoms with Gasteiger partial charge in [-0.25, -0.2) is 15.0 Å². The van der Waals surface area contributed by atoms with Gasteiger partial charge in [-0.2, -0.15) is 28.8 Å². The van der Waals surface area contributed by atoms with Gasteiger partial charge < -0.3 is 45.8 Å². The van der Waals surface area contributed by atoms with E-state index in [1.807, 2.05) is 12.1 Å². The largest absolute Gasteiger partial charge is 0.391 e. The quantitative estimate of drug-likeness (QED) is 0.0574. The predicted molar refractivity (Wildman–Crippen MR) is 311 cm³/mol. The number of aromatic nitrogens is 9. The number of piperazine rings is 1. The molecule has 3 saturated carbocycles. The number of nitrogens with zero attached hydrogens (tertiary/aromatic N) is 12. The van der Waals surface area contributed by atoms with E-state index < -0.39 is 0 Å². The van der Waals surface area contributed by atoms with Crippen molar-refractivity contribution in [3.8, 4) is 0 Å². The predicted octanol–water partition coefficient (Wildman–Crippen LogP) is 2.50. The smallest absolute Gasteiger partial charge is 0.254 e. The molecule has 84 heavy (non-hydrogen) atoms. The molecule has 0 aromatic carbocycles. The van der Waals surface area contributed by atoms with Crippen LogP contribution in [-0.4, -0.2) is 179 Å². The van der Waals surface area contributed by atoms with Crippen LogP contribution in [0.25, 0.3) is 35.2 Å². The van der Waals surface area contributed by atoms with Crippen LogP contribution in [0.5, 0.6) is 0 Å². The molecule has 438 valence electrons. The normalized spacial score (nSPS) is 23.4. The van der Waals surface area contributed by atoms with Gasteiger partial charge in [0.1, 0.15) is 34.9 Å². The van der Waals surface area contributed by atoms with Crippen molar-refractivity contribution >= 4 is 106 Å². The lowest BCUT2D eigenvalue weighted by atomic mass is 10.1. The maximum absolute atomic E-state index is 11.9. The fraction of sp³-hybridized carbons (Fsp3) is 0.474. The van der Waals surface area contributed by atoms with Gasteiger partial charge in [-0.15, -0.1) is 0 Å². The summed E-state index contributed by atoms with van der Waals surface area (Å²) in [7, 11) is 2.13. The Morgan fingerprint density at radius 3 is 1.43 bits per heavy atom. The zero-order chi connectivity index (χ0) is 57.6. The molecule has 0 spiro atoms. The molecule has 6 saturated heterocycles. The summed E-state index contributed by atoms with van der Waals surface area (Å²) >= 11 is 0. The lowest BCUT2D eigenvalue weighted by Gasteiger charge is -2.33. The number of amides is 6. The number of ether oxygens (including phenoxy) is 1. The van der Waals surface area contributed by atoms with Gasteiger partial charge in [0.15, 0.2) is 16.9 Å². The van der Waals surface area contributed by atoms with E-state index in [9.17, 15) is 33.9 Å². The lowest BCUT2D eigenvalue weighted by Crippen LogP contribution is -2.44. The zero-order valence-electron chi connectivity index (χ0n) is 46.6. The average molecular weight is 1150 g/mol. The van der Waals surface area contributed by atoms with Crippen LogP contribution >= 0.6 is 0 Å². The van der Waals surface area contributed by atoms with Crippen LogP contribution in [0.1, 0.15) is 100 Å². The molecule has 27 heteroatoms. The molecular weight excluding hydrogens is 1080 g/mol. The van der Waals surface area contributed by atoms with E-state index in [-0.39, 0.29) is 66.9 Å². The second-order valence-corrected chi connectivity index (χ2v) is 23.0. The monoisotopic (exact) mass is 1150 g/mol. The van der Waals surface area contributed by atoms with E-state index in [1.165, 1.54) is 0 Å². The van der Waals surface area contributed by atoms with Gasteiger partial charge in [-0.05, 0) is 89.5 Å². The van der Waals surface area contributed by atoms with E-state index in [4.69, 9.17) is 19.7 Å². The maximum atomic E-state index is 11.9. The molecule has 6 aromatic rings. The Labute approximate surface area is 481 Å². The summed E-state index contributed by atoms with van der Waals surface area (Å²) in [5.41, 5.74) is 5.39. The Kier molecular flexibility index (Phi) is 15.0. The summed E-state index contributed by atoms with van der Waals surface area (Å²) in [6, 6.07) is 7.37. The van der Waals surface area contributed by atoms with Crippen molar-refractivity contribution in [1.29, 1.82) is 0 Å². The molecule has 8 N–H and O–H groups in total. The van der Waals surface area contributed by atoms with Crippen LogP contribution in [0, 0.1) is 0 Å². The van der Waals surface area contributed by atoms with Crippen molar-refractivity contribution in [2.75, 3.05) is 90.5 Å². The number of hydrogen-bond acceptors (Lipinski definition) is 21. The third kappa shape index (κ3) is 12.4. The Bertz CT molecular complexity index is 3710. The van der Waals surface area contributed by atoms with Crippen LogP contribution in [0.15, 0.2) is 53.5 Å². The molecule has 15 rings (SSSR count). The van der Waals surface area contributed by atoms with Gasteiger partial charge >= 0.3 is 0 Å². The first-order valence-electron chi connectivity index (χ1n) is 29.1. The average Bonchev–Trinajstić information content (AvgIpc) is 4.35. The van der Waals surface area contributed by atoms with Crippen LogP contribution < -0.4 is 47.0 Å². The zero-order valence-corrected chi connectivity index (χ0v) is 46.6. The number of likely N-dealkylation sites (N-methyl/N-ethyl adjacent to an activating group) is 1. The number of anilines is 6. The molecular formula is C57H67N19O8. The molecule has 9 fully saturated rings. The maximum Gasteiger partial charge on any atom is 0.254 e. The molecule has 0 bridgehead atoms. The van der Waals surface area contributed by atoms with Gasteiger partial charge in [0.2, 0.25) is 17.7 Å². The number of piperidine rings is 1. The highest BCUT2D eigenvalue weighted by atomic mass is 16.5. The van der Waals surface area contributed by atoms with Crippen molar-refractivity contribution in [3.05, 3.63) is 70.2 Å². The number of nitrogens with one attached hydrogen (secondary N) is 7. The third-order valence-electron chi connectivity index (χ3n) is 16.0. The minimum absolute atomic E-state index is 0.0708. The number of rotatable bonds is 14. The summed E-state index contributed by atoms with van der Waals surface area (Å²) in [4.78, 5) is 91.2. The Hall–Kier alpha value is -8.82. The highest BCUT2D eigenvalue weighted by molar-refractivity contribution is 6.17. The van der Waals surface area contributed by atoms with E-state index in [0.29, 0.717) is 76.0 Å². The summed E-state index contributed by atoms with van der Waals surface area (Å²) in [6.07, 6.45) is 21.0. The van der Waals surface area contributed by atoms with Crippen LogP contribution in [0.4, 0.5) is 34.9 Å². The minimum atomic E-state index is -0.365. The highest BCUT2D eigenvalue weighted by Gasteiger charge is 2.31. The molecule has 6 amide bonds. The number of aliphatic hydroxyl groups excluding tert-OH is 1. The van der Waals surface area contributed by atoms with Crippen molar-refractivity contribution in [3.63, 3.8) is 0 Å². The summed E-state index contributed by atoms with van der Waals surface area (Å²) < 4.78 is 11.0. The minimum Gasteiger partial charge on any atom is -0.391 e. The second-order valence-electron chi connectivity index (χ2n) is 23.0. The van der Waals surface area contributed by atoms with Gasteiger partial charge in [0, 0.05) is 122 Å². The first-order valence-corrected chi connectivity index (χ1v) is 29.1. The number of imide groups is 3. The number of carbonyl (C=O) groups is 6. The van der Waals surface area contributed by atoms with E-state index >= 15 is 0 Å². The van der Waals surface area contributed by atoms with Gasteiger partial charge in [-0.1, -0.05) is 0 Å². The molecule has 3 aliphatic carbocycles. The fourth-order valence-corrected chi connectivity index (χ4v) is 10.9. The number of hydrogen-bond donors (Lipinski definition) is 8. The molecule has 2 unspecified atom stereocenters. The first kappa shape index (κ1) is 54.4. The second kappa shape index (κ2) is 23.1. The fourth-order valence-electron chi connectivity index (χ4n) is 10.9. The van der Waals surface area contributed by atoms with Crippen molar-refractivity contribution < 1.29 is 38.6 Å². The first-order chi connectivity index (χ1) is 40.8. The Morgan fingerprint density at radius 1 is 0.560 bits per heavy atom. The van der Waals surface area contributed by atoms with E-state index in [0.717, 1.165) is 144 Å². The molecule has 0 radical (unpaired) electrons. The third-order valence-corrected chi connectivity index (χ3v) is 16.0. The Morgan fingerprint density at radius 2 is 1.01 bits per heavy atom. The molecule has 12 heterocycles.